The Labute approximate surface area is 222 Å². The normalized spacial score (nSPS) is 22.2. The van der Waals surface area contributed by atoms with Gasteiger partial charge in [-0.3, -0.25) is 9.62 Å². The molecule has 3 heterocycles. The molecule has 202 valence electrons. The summed E-state index contributed by atoms with van der Waals surface area (Å²) < 4.78 is 30.9. The summed E-state index contributed by atoms with van der Waals surface area (Å²) in [6.07, 6.45) is 5.49. The van der Waals surface area contributed by atoms with Crippen molar-refractivity contribution < 1.29 is 22.8 Å². The third-order valence-electron chi connectivity index (χ3n) is 7.51. The van der Waals surface area contributed by atoms with E-state index in [0.29, 0.717) is 35.9 Å². The monoisotopic (exact) mass is 539 g/mol. The Morgan fingerprint density at radius 2 is 1.79 bits per heavy atom. The molecule has 3 N–H and O–H groups in total. The number of sulfonamides is 1. The van der Waals surface area contributed by atoms with Gasteiger partial charge < -0.3 is 14.9 Å². The molecule has 2 aliphatic heterocycles. The Bertz CT molecular complexity index is 1330. The zero-order valence-corrected chi connectivity index (χ0v) is 22.1. The van der Waals surface area contributed by atoms with Crippen LogP contribution in [-0.4, -0.2) is 59.5 Å². The maximum absolute atomic E-state index is 11.4. The smallest absolute Gasteiger partial charge is 0.405 e. The van der Waals surface area contributed by atoms with Crippen LogP contribution in [-0.2, 0) is 16.4 Å². The lowest BCUT2D eigenvalue weighted by atomic mass is 9.90. The van der Waals surface area contributed by atoms with E-state index in [1.54, 1.807) is 12.1 Å². The lowest BCUT2D eigenvalue weighted by Crippen LogP contribution is -2.43. The molecule has 0 spiro atoms. The van der Waals surface area contributed by atoms with Crippen molar-refractivity contribution in [3.63, 3.8) is 0 Å². The molecule has 0 aliphatic carbocycles. The van der Waals surface area contributed by atoms with Gasteiger partial charge in [0.25, 0.3) is 0 Å². The number of nitrogens with zero attached hydrogens (tertiary/aromatic N) is 3. The highest BCUT2D eigenvalue weighted by Gasteiger charge is 2.42. The van der Waals surface area contributed by atoms with E-state index in [1.165, 1.54) is 0 Å². The molecule has 4 atom stereocenters. The Morgan fingerprint density at radius 1 is 1.11 bits per heavy atom. The number of hydrogen-bond donors (Lipinski definition) is 3. The Kier molecular flexibility index (Phi) is 7.66. The van der Waals surface area contributed by atoms with Gasteiger partial charge in [-0.25, -0.2) is 13.2 Å². The number of piperidine rings is 1. The van der Waals surface area contributed by atoms with Gasteiger partial charge in [0.1, 0.15) is 0 Å². The van der Waals surface area contributed by atoms with E-state index in [-0.39, 0.29) is 12.0 Å². The van der Waals surface area contributed by atoms with Gasteiger partial charge in [-0.05, 0) is 55.4 Å². The maximum atomic E-state index is 11.4. The summed E-state index contributed by atoms with van der Waals surface area (Å²) in [6, 6.07) is 17.5. The maximum Gasteiger partial charge on any atom is 0.405 e. The molecule has 11 heteroatoms. The number of aromatic nitrogens is 2. The summed E-state index contributed by atoms with van der Waals surface area (Å²) in [4.78, 5) is 18.6. The number of nitrogens with one attached hydrogen (secondary N) is 2. The van der Waals surface area contributed by atoms with Crippen molar-refractivity contribution in [3.05, 3.63) is 77.4 Å². The van der Waals surface area contributed by atoms with Crippen LogP contribution in [0, 0.1) is 0 Å². The van der Waals surface area contributed by atoms with Gasteiger partial charge in [0.15, 0.2) is 5.82 Å². The Hall–Kier alpha value is -3.44. The number of rotatable bonds is 10. The molecule has 2 fully saturated rings. The Morgan fingerprint density at radius 3 is 2.42 bits per heavy atom. The molecule has 2 aliphatic rings. The summed E-state index contributed by atoms with van der Waals surface area (Å²) in [5.74, 6) is 1.51. The summed E-state index contributed by atoms with van der Waals surface area (Å²) in [5, 5.41) is 16.2. The van der Waals surface area contributed by atoms with E-state index < -0.39 is 16.1 Å². The molecule has 0 saturated carbocycles. The van der Waals surface area contributed by atoms with Crippen LogP contribution in [0.1, 0.15) is 66.9 Å². The molecule has 1 aromatic heterocycles. The van der Waals surface area contributed by atoms with Crippen molar-refractivity contribution in [2.45, 2.75) is 62.6 Å². The first-order chi connectivity index (χ1) is 18.2. The second-order valence-corrected chi connectivity index (χ2v) is 12.0. The lowest BCUT2D eigenvalue weighted by Gasteiger charge is -2.38. The van der Waals surface area contributed by atoms with Gasteiger partial charge in [0, 0.05) is 36.7 Å². The molecule has 3 aromatic rings. The van der Waals surface area contributed by atoms with E-state index in [4.69, 9.17) is 9.51 Å². The van der Waals surface area contributed by atoms with Crippen molar-refractivity contribution in [1.29, 1.82) is 0 Å². The first-order valence-electron chi connectivity index (χ1n) is 12.9. The van der Waals surface area contributed by atoms with E-state index >= 15 is 0 Å². The quantitative estimate of drug-likeness (QED) is 0.350. The molecule has 1 amide bonds. The molecule has 1 unspecified atom stereocenters. The van der Waals surface area contributed by atoms with E-state index in [0.717, 1.165) is 56.0 Å². The molecule has 38 heavy (non-hydrogen) atoms. The second kappa shape index (κ2) is 11.1. The molecule has 10 nitrogen and oxygen atoms in total. The van der Waals surface area contributed by atoms with E-state index in [1.807, 2.05) is 42.5 Å². The highest BCUT2D eigenvalue weighted by molar-refractivity contribution is 7.92. The zero-order valence-electron chi connectivity index (χ0n) is 21.3. The summed E-state index contributed by atoms with van der Waals surface area (Å²) in [7, 11) is -3.31. The minimum Gasteiger partial charge on any atom is -0.465 e. The fourth-order valence-corrected chi connectivity index (χ4v) is 6.43. The van der Waals surface area contributed by atoms with Gasteiger partial charge in [0.05, 0.1) is 12.3 Å². The zero-order chi connectivity index (χ0) is 26.7. The van der Waals surface area contributed by atoms with Crippen molar-refractivity contribution >= 4 is 21.8 Å². The fourth-order valence-electron chi connectivity index (χ4n) is 5.87. The van der Waals surface area contributed by atoms with Crippen molar-refractivity contribution in [3.8, 4) is 0 Å². The van der Waals surface area contributed by atoms with Crippen molar-refractivity contribution in [2.75, 3.05) is 17.5 Å². The van der Waals surface area contributed by atoms with Crippen molar-refractivity contribution in [2.24, 2.45) is 0 Å². The third-order valence-corrected chi connectivity index (χ3v) is 8.12. The second-order valence-electron chi connectivity index (χ2n) is 10.3. The summed E-state index contributed by atoms with van der Waals surface area (Å²) in [6.45, 7) is 0.834. The molecule has 5 rings (SSSR count). The minimum atomic E-state index is -3.31. The van der Waals surface area contributed by atoms with Gasteiger partial charge in [-0.1, -0.05) is 47.6 Å². The SMILES string of the molecule is CS(=O)(=O)Nc1ccc(Cc2noc(C3C[C@H]4CC[C@@H](C3)N4CC[C@H](NC(=O)O)c3ccccc3)n2)cc1. The highest BCUT2D eigenvalue weighted by Crippen LogP contribution is 2.43. The van der Waals surface area contributed by atoms with Gasteiger partial charge in [-0.2, -0.15) is 4.98 Å². The van der Waals surface area contributed by atoms with Crippen LogP contribution in [0.2, 0.25) is 0 Å². The van der Waals surface area contributed by atoms with E-state index in [9.17, 15) is 18.3 Å². The predicted molar refractivity (Wildman–Crippen MR) is 142 cm³/mol. The van der Waals surface area contributed by atoms with Gasteiger partial charge in [0.2, 0.25) is 15.9 Å². The van der Waals surface area contributed by atoms with Crippen molar-refractivity contribution in [1.82, 2.24) is 20.4 Å². The number of hydrogen-bond acceptors (Lipinski definition) is 7. The first-order valence-corrected chi connectivity index (χ1v) is 14.8. The van der Waals surface area contributed by atoms with Crippen LogP contribution in [0.3, 0.4) is 0 Å². The Balaban J connectivity index is 1.18. The number of fused-ring (bicyclic) bond motifs is 2. The van der Waals surface area contributed by atoms with Crippen LogP contribution < -0.4 is 10.0 Å². The first kappa shape index (κ1) is 26.2. The molecule has 2 bridgehead atoms. The topological polar surface area (TPSA) is 138 Å². The lowest BCUT2D eigenvalue weighted by molar-refractivity contribution is 0.110. The van der Waals surface area contributed by atoms with Crippen LogP contribution in [0.15, 0.2) is 59.1 Å². The van der Waals surface area contributed by atoms with Gasteiger partial charge >= 0.3 is 6.09 Å². The largest absolute Gasteiger partial charge is 0.465 e. The fraction of sp³-hybridized carbons (Fsp3) is 0.444. The predicted octanol–water partition coefficient (Wildman–Crippen LogP) is 4.14. The molecular weight excluding hydrogens is 506 g/mol. The van der Waals surface area contributed by atoms with Crippen LogP contribution >= 0.6 is 0 Å². The van der Waals surface area contributed by atoms with Gasteiger partial charge in [-0.15, -0.1) is 0 Å². The number of amides is 1. The number of benzene rings is 2. The average Bonchev–Trinajstić information content (AvgIpc) is 3.43. The van der Waals surface area contributed by atoms with Crippen LogP contribution in [0.4, 0.5) is 10.5 Å². The standard InChI is InChI=1S/C27H33N5O5S/c1-38(35,36)31-21-9-7-18(8-10-21)15-25-29-26(37-30-25)20-16-22-11-12-23(17-20)32(22)14-13-24(28-27(33)34)19-5-3-2-4-6-19/h2-10,20,22-24,28,31H,11-17H2,1H3,(H,33,34)/t20?,22-,23+,24-/m0/s1. The summed E-state index contributed by atoms with van der Waals surface area (Å²) >= 11 is 0. The van der Waals surface area contributed by atoms with E-state index in [2.05, 4.69) is 20.1 Å². The minimum absolute atomic E-state index is 0.216. The molecule has 2 saturated heterocycles. The van der Waals surface area contributed by atoms with Crippen LogP contribution in [0.5, 0.6) is 0 Å². The number of anilines is 1. The average molecular weight is 540 g/mol. The molecule has 2 aromatic carbocycles. The summed E-state index contributed by atoms with van der Waals surface area (Å²) in [5.41, 5.74) is 2.46. The number of carboxylic acid groups (broad SMARTS) is 1. The third kappa shape index (κ3) is 6.51. The number of carbonyl (C=O) groups is 1. The molecule has 0 radical (unpaired) electrons. The highest BCUT2D eigenvalue weighted by atomic mass is 32.2. The van der Waals surface area contributed by atoms with Crippen LogP contribution in [0.25, 0.3) is 0 Å². The molecular formula is C27H33N5O5S.